The lowest BCUT2D eigenvalue weighted by atomic mass is 9.93. The fourth-order valence-electron chi connectivity index (χ4n) is 3.04. The first-order valence-corrected chi connectivity index (χ1v) is 8.85. The molecule has 2 aromatic carbocycles. The Balaban J connectivity index is 1.68. The highest BCUT2D eigenvalue weighted by Gasteiger charge is 2.22. The maximum absolute atomic E-state index is 13.3. The minimum absolute atomic E-state index is 0.118. The summed E-state index contributed by atoms with van der Waals surface area (Å²) in [5.74, 6) is 0.621. The number of methoxy groups -OCH3 is 1. The zero-order valence-electron chi connectivity index (χ0n) is 15.2. The van der Waals surface area contributed by atoms with Gasteiger partial charge in [0.15, 0.2) is 0 Å². The number of hydrogen-bond acceptors (Lipinski definition) is 3. The summed E-state index contributed by atoms with van der Waals surface area (Å²) in [4.78, 5) is 12.8. The standard InChI is InChI=1S/C22H22FNO3/c1-26-21-7-3-2-5-17(21)12-13-24-22(25)20(15-19-6-4-14-27-19)16-8-10-18(23)11-9-16/h2-11,14,20H,12-13,15H2,1H3,(H,24,25). The van der Waals surface area contributed by atoms with Gasteiger partial charge in [-0.3, -0.25) is 4.79 Å². The summed E-state index contributed by atoms with van der Waals surface area (Å²) in [6, 6.07) is 17.4. The molecule has 3 aromatic rings. The normalized spacial score (nSPS) is 11.8. The molecule has 0 bridgehead atoms. The topological polar surface area (TPSA) is 51.5 Å². The van der Waals surface area contributed by atoms with Gasteiger partial charge < -0.3 is 14.5 Å². The molecular weight excluding hydrogens is 345 g/mol. The predicted molar refractivity (Wildman–Crippen MR) is 101 cm³/mol. The molecule has 1 atom stereocenters. The number of halogens is 1. The van der Waals surface area contributed by atoms with Gasteiger partial charge in [-0.25, -0.2) is 4.39 Å². The Morgan fingerprint density at radius 3 is 2.59 bits per heavy atom. The molecule has 0 saturated carbocycles. The maximum Gasteiger partial charge on any atom is 0.228 e. The molecule has 1 aromatic heterocycles. The maximum atomic E-state index is 13.3. The summed E-state index contributed by atoms with van der Waals surface area (Å²) in [5, 5.41) is 2.98. The van der Waals surface area contributed by atoms with E-state index >= 15 is 0 Å². The second-order valence-corrected chi connectivity index (χ2v) is 6.24. The smallest absolute Gasteiger partial charge is 0.228 e. The molecule has 0 aliphatic rings. The lowest BCUT2D eigenvalue weighted by molar-refractivity contribution is -0.122. The highest BCUT2D eigenvalue weighted by atomic mass is 19.1. The highest BCUT2D eigenvalue weighted by molar-refractivity contribution is 5.83. The molecule has 27 heavy (non-hydrogen) atoms. The van der Waals surface area contributed by atoms with Crippen molar-refractivity contribution in [2.75, 3.05) is 13.7 Å². The van der Waals surface area contributed by atoms with E-state index in [2.05, 4.69) is 5.32 Å². The first-order valence-electron chi connectivity index (χ1n) is 8.85. The van der Waals surface area contributed by atoms with Crippen LogP contribution in [-0.4, -0.2) is 19.6 Å². The molecule has 4 nitrogen and oxygen atoms in total. The largest absolute Gasteiger partial charge is 0.496 e. The molecule has 1 heterocycles. The van der Waals surface area contributed by atoms with Crippen LogP contribution in [0.3, 0.4) is 0 Å². The van der Waals surface area contributed by atoms with Crippen molar-refractivity contribution in [3.05, 3.63) is 89.6 Å². The van der Waals surface area contributed by atoms with Crippen molar-refractivity contribution in [2.45, 2.75) is 18.8 Å². The molecule has 1 unspecified atom stereocenters. The average Bonchev–Trinajstić information content (AvgIpc) is 3.20. The third-order valence-electron chi connectivity index (χ3n) is 4.46. The molecule has 0 spiro atoms. The van der Waals surface area contributed by atoms with Gasteiger partial charge in [-0.05, 0) is 47.9 Å². The highest BCUT2D eigenvalue weighted by Crippen LogP contribution is 2.22. The Kier molecular flexibility index (Phi) is 6.26. The monoisotopic (exact) mass is 367 g/mol. The molecular formula is C22H22FNO3. The number of benzene rings is 2. The second kappa shape index (κ2) is 9.03. The third kappa shape index (κ3) is 4.97. The third-order valence-corrected chi connectivity index (χ3v) is 4.46. The van der Waals surface area contributed by atoms with Crippen molar-refractivity contribution < 1.29 is 18.3 Å². The van der Waals surface area contributed by atoms with Crippen molar-refractivity contribution in [3.63, 3.8) is 0 Å². The average molecular weight is 367 g/mol. The van der Waals surface area contributed by atoms with Crippen LogP contribution in [0.5, 0.6) is 5.75 Å². The number of amides is 1. The summed E-state index contributed by atoms with van der Waals surface area (Å²) in [6.07, 6.45) is 2.66. The van der Waals surface area contributed by atoms with Gasteiger partial charge in [0.25, 0.3) is 0 Å². The van der Waals surface area contributed by atoms with E-state index in [1.807, 2.05) is 30.3 Å². The van der Waals surface area contributed by atoms with E-state index in [0.717, 1.165) is 16.9 Å². The lowest BCUT2D eigenvalue weighted by Gasteiger charge is -2.17. The van der Waals surface area contributed by atoms with Crippen molar-refractivity contribution in [2.24, 2.45) is 0 Å². The van der Waals surface area contributed by atoms with Crippen LogP contribution in [0.15, 0.2) is 71.3 Å². The van der Waals surface area contributed by atoms with Crippen LogP contribution in [0.2, 0.25) is 0 Å². The molecule has 0 fully saturated rings. The van der Waals surface area contributed by atoms with E-state index in [1.54, 1.807) is 31.6 Å². The number of carbonyl (C=O) groups is 1. The zero-order chi connectivity index (χ0) is 19.1. The zero-order valence-corrected chi connectivity index (χ0v) is 15.2. The van der Waals surface area contributed by atoms with E-state index in [-0.39, 0.29) is 11.7 Å². The van der Waals surface area contributed by atoms with Crippen LogP contribution >= 0.6 is 0 Å². The van der Waals surface area contributed by atoms with Crippen molar-refractivity contribution in [1.82, 2.24) is 5.32 Å². The fourth-order valence-corrected chi connectivity index (χ4v) is 3.04. The molecule has 3 rings (SSSR count). The van der Waals surface area contributed by atoms with Gasteiger partial charge >= 0.3 is 0 Å². The van der Waals surface area contributed by atoms with E-state index in [9.17, 15) is 9.18 Å². The Hall–Kier alpha value is -3.08. The van der Waals surface area contributed by atoms with Gasteiger partial charge in [-0.15, -0.1) is 0 Å². The van der Waals surface area contributed by atoms with Crippen molar-refractivity contribution in [3.8, 4) is 5.75 Å². The van der Waals surface area contributed by atoms with E-state index in [4.69, 9.17) is 9.15 Å². The molecule has 0 radical (unpaired) electrons. The number of furan rings is 1. The summed E-state index contributed by atoms with van der Waals surface area (Å²) >= 11 is 0. The Morgan fingerprint density at radius 2 is 1.89 bits per heavy atom. The molecule has 1 N–H and O–H groups in total. The molecule has 0 aliphatic carbocycles. The Bertz CT molecular complexity index is 860. The summed E-state index contributed by atoms with van der Waals surface area (Å²) in [6.45, 7) is 0.481. The summed E-state index contributed by atoms with van der Waals surface area (Å²) in [5.41, 5.74) is 1.78. The molecule has 0 aliphatic heterocycles. The van der Waals surface area contributed by atoms with E-state index in [1.165, 1.54) is 12.1 Å². The quantitative estimate of drug-likeness (QED) is 0.652. The number of hydrogen-bond donors (Lipinski definition) is 1. The van der Waals surface area contributed by atoms with Crippen LogP contribution in [0.25, 0.3) is 0 Å². The van der Waals surface area contributed by atoms with Crippen LogP contribution in [0, 0.1) is 5.82 Å². The summed E-state index contributed by atoms with van der Waals surface area (Å²) in [7, 11) is 1.63. The number of para-hydroxylation sites is 1. The number of nitrogens with one attached hydrogen (secondary N) is 1. The van der Waals surface area contributed by atoms with Gasteiger partial charge in [-0.1, -0.05) is 30.3 Å². The predicted octanol–water partition coefficient (Wildman–Crippen LogP) is 4.11. The SMILES string of the molecule is COc1ccccc1CCNC(=O)C(Cc1ccco1)c1ccc(F)cc1. The van der Waals surface area contributed by atoms with Gasteiger partial charge in [0.2, 0.25) is 5.91 Å². The number of carbonyl (C=O) groups excluding carboxylic acids is 1. The lowest BCUT2D eigenvalue weighted by Crippen LogP contribution is -2.32. The Morgan fingerprint density at radius 1 is 1.11 bits per heavy atom. The number of ether oxygens (including phenoxy) is 1. The van der Waals surface area contributed by atoms with E-state index < -0.39 is 5.92 Å². The molecule has 5 heteroatoms. The molecule has 1 amide bonds. The van der Waals surface area contributed by atoms with Gasteiger partial charge in [-0.2, -0.15) is 0 Å². The first-order chi connectivity index (χ1) is 13.2. The van der Waals surface area contributed by atoms with E-state index in [0.29, 0.717) is 25.1 Å². The van der Waals surface area contributed by atoms with Crippen LogP contribution < -0.4 is 10.1 Å². The van der Waals surface area contributed by atoms with Crippen molar-refractivity contribution in [1.29, 1.82) is 0 Å². The first kappa shape index (κ1) is 18.7. The number of rotatable bonds is 8. The van der Waals surface area contributed by atoms with Crippen LogP contribution in [0.4, 0.5) is 4.39 Å². The minimum atomic E-state index is -0.450. The minimum Gasteiger partial charge on any atom is -0.496 e. The molecule has 0 saturated heterocycles. The van der Waals surface area contributed by atoms with Gasteiger partial charge in [0.05, 0.1) is 19.3 Å². The van der Waals surface area contributed by atoms with Crippen molar-refractivity contribution >= 4 is 5.91 Å². The summed E-state index contributed by atoms with van der Waals surface area (Å²) < 4.78 is 24.0. The van der Waals surface area contributed by atoms with Crippen LogP contribution in [-0.2, 0) is 17.6 Å². The van der Waals surface area contributed by atoms with Gasteiger partial charge in [0, 0.05) is 13.0 Å². The molecule has 140 valence electrons. The van der Waals surface area contributed by atoms with Crippen LogP contribution in [0.1, 0.15) is 22.8 Å². The van der Waals surface area contributed by atoms with Gasteiger partial charge in [0.1, 0.15) is 17.3 Å². The Labute approximate surface area is 158 Å². The second-order valence-electron chi connectivity index (χ2n) is 6.24. The fraction of sp³-hybridized carbons (Fsp3) is 0.227.